The van der Waals surface area contributed by atoms with Gasteiger partial charge in [-0.3, -0.25) is 0 Å². The molecule has 0 saturated carbocycles. The second-order valence-electron chi connectivity index (χ2n) is 7.11. The minimum absolute atomic E-state index is 0.156. The number of aromatic hydroxyl groups is 1. The number of piperidine rings is 1. The zero-order valence-corrected chi connectivity index (χ0v) is 17.3. The van der Waals surface area contributed by atoms with Crippen LogP contribution in [0.3, 0.4) is 0 Å². The lowest BCUT2D eigenvalue weighted by molar-refractivity contribution is 0.330. The summed E-state index contributed by atoms with van der Waals surface area (Å²) in [5.41, 5.74) is 9.09. The summed E-state index contributed by atoms with van der Waals surface area (Å²) >= 11 is 0. The summed E-state index contributed by atoms with van der Waals surface area (Å²) in [6, 6.07) is 8.85. The Kier molecular flexibility index (Phi) is 6.82. The first-order chi connectivity index (χ1) is 14.1. The molecular weight excluding hydrogens is 364 g/mol. The first-order valence-electron chi connectivity index (χ1n) is 10.3. The van der Waals surface area contributed by atoms with Crippen LogP contribution in [0.25, 0.3) is 16.9 Å². The van der Waals surface area contributed by atoms with Crippen molar-refractivity contribution in [2.45, 2.75) is 39.5 Å². The van der Waals surface area contributed by atoms with Crippen molar-refractivity contribution < 1.29 is 5.11 Å². The smallest absolute Gasteiger partial charge is 0.172 e. The molecule has 1 fully saturated rings. The number of nitrogens with zero attached hydrogens (tertiary/aromatic N) is 4. The number of rotatable bonds is 4. The van der Waals surface area contributed by atoms with E-state index in [1.165, 1.54) is 18.4 Å². The van der Waals surface area contributed by atoms with Gasteiger partial charge in [-0.2, -0.15) is 5.10 Å². The zero-order valence-electron chi connectivity index (χ0n) is 17.3. The van der Waals surface area contributed by atoms with Gasteiger partial charge >= 0.3 is 0 Å². The molecule has 3 heterocycles. The van der Waals surface area contributed by atoms with Gasteiger partial charge in [-0.25, -0.2) is 4.68 Å². The number of nitrogens with two attached hydrogens (primary N) is 1. The van der Waals surface area contributed by atoms with Crippen molar-refractivity contribution in [2.75, 3.05) is 18.8 Å². The van der Waals surface area contributed by atoms with Crippen molar-refractivity contribution in [3.8, 4) is 22.7 Å². The molecule has 0 bridgehead atoms. The van der Waals surface area contributed by atoms with E-state index in [0.29, 0.717) is 34.6 Å². The summed E-state index contributed by atoms with van der Waals surface area (Å²) in [5, 5.41) is 26.2. The Bertz CT molecular complexity index is 933. The minimum Gasteiger partial charge on any atom is -0.507 e. The Morgan fingerprint density at radius 1 is 1.17 bits per heavy atom. The van der Waals surface area contributed by atoms with Crippen LogP contribution in [0.2, 0.25) is 0 Å². The maximum absolute atomic E-state index is 10.1. The van der Waals surface area contributed by atoms with Crippen molar-refractivity contribution in [1.82, 2.24) is 25.3 Å². The number of benzene rings is 1. The van der Waals surface area contributed by atoms with E-state index in [1.54, 1.807) is 22.9 Å². The third kappa shape index (κ3) is 4.56. The molecule has 1 aliphatic heterocycles. The summed E-state index contributed by atoms with van der Waals surface area (Å²) < 4.78 is 1.75. The maximum atomic E-state index is 10.1. The van der Waals surface area contributed by atoms with Gasteiger partial charge in [0, 0.05) is 11.8 Å². The zero-order chi connectivity index (χ0) is 20.8. The predicted octanol–water partition coefficient (Wildman–Crippen LogP) is 3.75. The monoisotopic (exact) mass is 394 g/mol. The molecule has 1 unspecified atom stereocenters. The van der Waals surface area contributed by atoms with Crippen molar-refractivity contribution in [2.24, 2.45) is 5.92 Å². The fraction of sp³-hybridized carbons (Fsp3) is 0.409. The lowest BCUT2D eigenvalue weighted by atomic mass is 9.83. The van der Waals surface area contributed by atoms with Crippen molar-refractivity contribution >= 4 is 5.82 Å². The standard InChI is InChI=1S/C20H24N6O.C2H6/c1-13(14-6-8-22-9-7-14)15-11-23-26(12-15)18-10-17(24-25-20(18)21)16-4-2-3-5-19(16)27;1-2/h2-5,10-14,22,27H,6-9H2,1H3,(H2,21,25);1-2H3. The Balaban J connectivity index is 0.00000117. The highest BCUT2D eigenvalue weighted by molar-refractivity contribution is 5.70. The third-order valence-corrected chi connectivity index (χ3v) is 5.45. The second kappa shape index (κ2) is 9.52. The van der Waals surface area contributed by atoms with Crippen LogP contribution < -0.4 is 11.1 Å². The van der Waals surface area contributed by atoms with E-state index < -0.39 is 0 Å². The molecule has 4 rings (SSSR count). The summed E-state index contributed by atoms with van der Waals surface area (Å²) in [5.74, 6) is 1.56. The van der Waals surface area contributed by atoms with Crippen molar-refractivity contribution in [1.29, 1.82) is 0 Å². The summed E-state index contributed by atoms with van der Waals surface area (Å²) in [7, 11) is 0. The molecule has 1 aliphatic rings. The number of hydrogen-bond donors (Lipinski definition) is 3. The quantitative estimate of drug-likeness (QED) is 0.623. The Morgan fingerprint density at radius 3 is 2.62 bits per heavy atom. The van der Waals surface area contributed by atoms with Crippen LogP contribution in [-0.2, 0) is 0 Å². The van der Waals surface area contributed by atoms with Crippen LogP contribution in [0, 0.1) is 5.92 Å². The fourth-order valence-electron chi connectivity index (χ4n) is 3.72. The van der Waals surface area contributed by atoms with Crippen LogP contribution in [0.15, 0.2) is 42.7 Å². The normalized spacial score (nSPS) is 15.4. The molecule has 154 valence electrons. The molecule has 0 aliphatic carbocycles. The number of para-hydroxylation sites is 1. The van der Waals surface area contributed by atoms with Gasteiger partial charge in [-0.1, -0.05) is 32.9 Å². The molecule has 0 spiro atoms. The average molecular weight is 395 g/mol. The van der Waals surface area contributed by atoms with Gasteiger partial charge in [0.05, 0.1) is 11.9 Å². The molecule has 1 saturated heterocycles. The van der Waals surface area contributed by atoms with Gasteiger partial charge in [0.25, 0.3) is 0 Å². The van der Waals surface area contributed by atoms with E-state index in [-0.39, 0.29) is 5.75 Å². The van der Waals surface area contributed by atoms with Crippen molar-refractivity contribution in [3.05, 3.63) is 48.3 Å². The lowest BCUT2D eigenvalue weighted by Crippen LogP contribution is -2.30. The van der Waals surface area contributed by atoms with Crippen LogP contribution in [0.5, 0.6) is 5.75 Å². The van der Waals surface area contributed by atoms with Crippen LogP contribution in [-0.4, -0.2) is 38.2 Å². The number of nitrogens with one attached hydrogen (secondary N) is 1. The SMILES string of the molecule is CC.CC(c1cnn(-c2cc(-c3ccccc3O)nnc2N)c1)C1CCNCC1. The number of aromatic nitrogens is 4. The molecule has 1 atom stereocenters. The topological polar surface area (TPSA) is 102 Å². The largest absolute Gasteiger partial charge is 0.507 e. The van der Waals surface area contributed by atoms with Gasteiger partial charge in [-0.05, 0) is 61.5 Å². The number of anilines is 1. The van der Waals surface area contributed by atoms with Gasteiger partial charge in [0.1, 0.15) is 11.4 Å². The average Bonchev–Trinajstić information content (AvgIpc) is 3.26. The Morgan fingerprint density at radius 2 is 1.90 bits per heavy atom. The van der Waals surface area contributed by atoms with Crippen LogP contribution in [0.4, 0.5) is 5.82 Å². The van der Waals surface area contributed by atoms with Crippen LogP contribution in [0.1, 0.15) is 45.1 Å². The molecule has 1 aromatic carbocycles. The number of phenols is 1. The fourth-order valence-corrected chi connectivity index (χ4v) is 3.72. The minimum atomic E-state index is 0.156. The number of hydrogen-bond acceptors (Lipinski definition) is 6. The lowest BCUT2D eigenvalue weighted by Gasteiger charge is -2.27. The number of phenolic OH excluding ortho intramolecular Hbond substituents is 1. The van der Waals surface area contributed by atoms with E-state index >= 15 is 0 Å². The van der Waals surface area contributed by atoms with Gasteiger partial charge in [0.15, 0.2) is 5.82 Å². The molecule has 2 aromatic heterocycles. The molecular formula is C22H30N6O. The summed E-state index contributed by atoms with van der Waals surface area (Å²) in [6.07, 6.45) is 6.30. The van der Waals surface area contributed by atoms with Crippen LogP contribution >= 0.6 is 0 Å². The first kappa shape index (κ1) is 20.8. The third-order valence-electron chi connectivity index (χ3n) is 5.45. The Hall–Kier alpha value is -2.93. The molecule has 7 heteroatoms. The molecule has 7 nitrogen and oxygen atoms in total. The highest BCUT2D eigenvalue weighted by atomic mass is 16.3. The Labute approximate surface area is 172 Å². The number of nitrogen functional groups attached to an aromatic ring is 1. The van der Waals surface area contributed by atoms with E-state index in [9.17, 15) is 5.11 Å². The molecule has 29 heavy (non-hydrogen) atoms. The molecule has 0 amide bonds. The first-order valence-corrected chi connectivity index (χ1v) is 10.3. The highest BCUT2D eigenvalue weighted by Gasteiger charge is 2.22. The summed E-state index contributed by atoms with van der Waals surface area (Å²) in [4.78, 5) is 0. The predicted molar refractivity (Wildman–Crippen MR) is 116 cm³/mol. The molecule has 4 N–H and O–H groups in total. The van der Waals surface area contributed by atoms with E-state index in [0.717, 1.165) is 13.1 Å². The van der Waals surface area contributed by atoms with E-state index in [1.807, 2.05) is 38.4 Å². The second-order valence-corrected chi connectivity index (χ2v) is 7.11. The maximum Gasteiger partial charge on any atom is 0.172 e. The molecule has 0 radical (unpaired) electrons. The van der Waals surface area contributed by atoms with Gasteiger partial charge in [-0.15, -0.1) is 10.2 Å². The molecule has 3 aromatic rings. The van der Waals surface area contributed by atoms with E-state index in [2.05, 4.69) is 27.5 Å². The summed E-state index contributed by atoms with van der Waals surface area (Å²) in [6.45, 7) is 8.42. The highest BCUT2D eigenvalue weighted by Crippen LogP contribution is 2.32. The van der Waals surface area contributed by atoms with Gasteiger partial charge in [0.2, 0.25) is 0 Å². The van der Waals surface area contributed by atoms with E-state index in [4.69, 9.17) is 5.73 Å². The van der Waals surface area contributed by atoms with Gasteiger partial charge < -0.3 is 16.2 Å². The van der Waals surface area contributed by atoms with Crippen molar-refractivity contribution in [3.63, 3.8) is 0 Å².